The van der Waals surface area contributed by atoms with Gasteiger partial charge < -0.3 is 5.32 Å². The number of nitroso groups, excluding NO2 is 1. The van der Waals surface area contributed by atoms with Gasteiger partial charge in [-0.15, -0.1) is 4.91 Å². The fraction of sp³-hybridized carbons (Fsp3) is 0.625. The Morgan fingerprint density at radius 3 is 3.15 bits per heavy atom. The number of nitrogens with zero attached hydrogens (tertiary/aromatic N) is 3. The van der Waals surface area contributed by atoms with Gasteiger partial charge in [-0.25, -0.2) is 4.68 Å². The van der Waals surface area contributed by atoms with E-state index >= 15 is 0 Å². The standard InChI is InChI=1S/C8H12N4O/c1-8(2)4-9-7-6(11-13)3-10-12(7)5-8/h3,9H,4-5H2,1-2H3. The van der Waals surface area contributed by atoms with E-state index in [1.54, 1.807) is 4.68 Å². The molecule has 5 nitrogen and oxygen atoms in total. The minimum Gasteiger partial charge on any atom is -0.368 e. The zero-order chi connectivity index (χ0) is 9.47. The zero-order valence-corrected chi connectivity index (χ0v) is 7.74. The van der Waals surface area contributed by atoms with Crippen molar-refractivity contribution in [2.45, 2.75) is 20.4 Å². The van der Waals surface area contributed by atoms with Gasteiger partial charge in [0.25, 0.3) is 0 Å². The Hall–Kier alpha value is -1.39. The van der Waals surface area contributed by atoms with E-state index in [9.17, 15) is 4.91 Å². The average Bonchev–Trinajstić information content (AvgIpc) is 2.44. The fourth-order valence-electron chi connectivity index (χ4n) is 1.53. The summed E-state index contributed by atoms with van der Waals surface area (Å²) < 4.78 is 1.79. The minimum absolute atomic E-state index is 0.180. The summed E-state index contributed by atoms with van der Waals surface area (Å²) in [5, 5.41) is 10.1. The van der Waals surface area contributed by atoms with E-state index in [0.717, 1.165) is 18.9 Å². The molecule has 1 aliphatic heterocycles. The Morgan fingerprint density at radius 1 is 1.69 bits per heavy atom. The number of rotatable bonds is 1. The SMILES string of the molecule is CC1(C)CNc2c(N=O)cnn2C1. The van der Waals surface area contributed by atoms with Gasteiger partial charge in [-0.2, -0.15) is 5.10 Å². The second-order valence-electron chi connectivity index (χ2n) is 4.15. The Balaban J connectivity index is 2.38. The first kappa shape index (κ1) is 8.22. The van der Waals surface area contributed by atoms with Crippen LogP contribution in [0.4, 0.5) is 11.5 Å². The van der Waals surface area contributed by atoms with Gasteiger partial charge in [0.15, 0.2) is 11.5 Å². The number of hydrogen-bond donors (Lipinski definition) is 1. The van der Waals surface area contributed by atoms with Crippen molar-refractivity contribution < 1.29 is 0 Å². The highest BCUT2D eigenvalue weighted by atomic mass is 16.3. The maximum Gasteiger partial charge on any atom is 0.169 e. The van der Waals surface area contributed by atoms with E-state index in [1.807, 2.05) is 0 Å². The first-order valence-corrected chi connectivity index (χ1v) is 4.25. The molecule has 1 N–H and O–H groups in total. The van der Waals surface area contributed by atoms with Crippen LogP contribution in [0.5, 0.6) is 0 Å². The van der Waals surface area contributed by atoms with Crippen LogP contribution in [0, 0.1) is 10.3 Å². The first-order valence-electron chi connectivity index (χ1n) is 4.25. The Kier molecular flexibility index (Phi) is 1.61. The van der Waals surface area contributed by atoms with Crippen LogP contribution in [0.25, 0.3) is 0 Å². The number of nitrogens with one attached hydrogen (secondary N) is 1. The molecule has 13 heavy (non-hydrogen) atoms. The van der Waals surface area contributed by atoms with Gasteiger partial charge in [-0.3, -0.25) is 0 Å². The fourth-order valence-corrected chi connectivity index (χ4v) is 1.53. The van der Waals surface area contributed by atoms with Crippen molar-refractivity contribution in [3.05, 3.63) is 11.1 Å². The van der Waals surface area contributed by atoms with Gasteiger partial charge in [0.2, 0.25) is 0 Å². The van der Waals surface area contributed by atoms with Crippen molar-refractivity contribution in [3.63, 3.8) is 0 Å². The molecule has 0 radical (unpaired) electrons. The molecule has 0 aliphatic carbocycles. The number of fused-ring (bicyclic) bond motifs is 1. The molecule has 0 aromatic carbocycles. The molecule has 1 aromatic heterocycles. The Morgan fingerprint density at radius 2 is 2.46 bits per heavy atom. The van der Waals surface area contributed by atoms with Crippen LogP contribution < -0.4 is 5.32 Å². The van der Waals surface area contributed by atoms with Crippen molar-refractivity contribution in [2.24, 2.45) is 10.6 Å². The molecule has 2 heterocycles. The van der Waals surface area contributed by atoms with Crippen LogP contribution in [0.2, 0.25) is 0 Å². The van der Waals surface area contributed by atoms with Gasteiger partial charge in [0.05, 0.1) is 12.7 Å². The number of anilines is 1. The zero-order valence-electron chi connectivity index (χ0n) is 7.74. The summed E-state index contributed by atoms with van der Waals surface area (Å²) in [5.41, 5.74) is 0.578. The predicted molar refractivity (Wildman–Crippen MR) is 50.0 cm³/mol. The summed E-state index contributed by atoms with van der Waals surface area (Å²) in [4.78, 5) is 10.4. The van der Waals surface area contributed by atoms with Crippen LogP contribution in [0.3, 0.4) is 0 Å². The van der Waals surface area contributed by atoms with Crippen molar-refractivity contribution in [1.29, 1.82) is 0 Å². The number of aromatic nitrogens is 2. The van der Waals surface area contributed by atoms with E-state index in [0.29, 0.717) is 5.69 Å². The molecule has 2 rings (SSSR count). The molecule has 0 atom stereocenters. The maximum atomic E-state index is 10.4. The molecule has 0 amide bonds. The number of hydrogen-bond acceptors (Lipinski definition) is 4. The van der Waals surface area contributed by atoms with Gasteiger partial charge in [-0.1, -0.05) is 13.8 Å². The van der Waals surface area contributed by atoms with Gasteiger partial charge in [-0.05, 0) is 5.18 Å². The van der Waals surface area contributed by atoms with Crippen LogP contribution in [-0.2, 0) is 6.54 Å². The average molecular weight is 180 g/mol. The second kappa shape index (κ2) is 2.55. The smallest absolute Gasteiger partial charge is 0.169 e. The van der Waals surface area contributed by atoms with E-state index in [-0.39, 0.29) is 5.41 Å². The Labute approximate surface area is 76.1 Å². The summed E-state index contributed by atoms with van der Waals surface area (Å²) in [6.07, 6.45) is 1.50. The molecule has 1 aromatic rings. The molecule has 0 spiro atoms. The summed E-state index contributed by atoms with van der Waals surface area (Å²) in [6, 6.07) is 0. The highest BCUT2D eigenvalue weighted by molar-refractivity contribution is 5.60. The minimum atomic E-state index is 0.180. The molecule has 0 fully saturated rings. The highest BCUT2D eigenvalue weighted by Crippen LogP contribution is 2.32. The summed E-state index contributed by atoms with van der Waals surface area (Å²) in [5.74, 6) is 0.745. The molecular weight excluding hydrogens is 168 g/mol. The van der Waals surface area contributed by atoms with Gasteiger partial charge in [0, 0.05) is 12.0 Å². The first-order chi connectivity index (χ1) is 6.12. The van der Waals surface area contributed by atoms with Crippen molar-refractivity contribution in [2.75, 3.05) is 11.9 Å². The lowest BCUT2D eigenvalue weighted by Gasteiger charge is -2.31. The summed E-state index contributed by atoms with van der Waals surface area (Å²) in [7, 11) is 0. The van der Waals surface area contributed by atoms with Crippen LogP contribution >= 0.6 is 0 Å². The second-order valence-corrected chi connectivity index (χ2v) is 4.15. The van der Waals surface area contributed by atoms with Crippen LogP contribution in [0.15, 0.2) is 11.4 Å². The van der Waals surface area contributed by atoms with Crippen molar-refractivity contribution in [3.8, 4) is 0 Å². The molecular formula is C8H12N4O. The molecule has 0 unspecified atom stereocenters. The van der Waals surface area contributed by atoms with Crippen molar-refractivity contribution >= 4 is 11.5 Å². The Bertz CT molecular complexity index is 342. The van der Waals surface area contributed by atoms with Gasteiger partial charge in [0.1, 0.15) is 0 Å². The molecule has 0 saturated carbocycles. The largest absolute Gasteiger partial charge is 0.368 e. The lowest BCUT2D eigenvalue weighted by molar-refractivity contribution is 0.294. The van der Waals surface area contributed by atoms with Crippen molar-refractivity contribution in [1.82, 2.24) is 9.78 Å². The highest BCUT2D eigenvalue weighted by Gasteiger charge is 2.27. The maximum absolute atomic E-state index is 10.4. The normalized spacial score (nSPS) is 18.9. The van der Waals surface area contributed by atoms with E-state index in [2.05, 4.69) is 29.4 Å². The van der Waals surface area contributed by atoms with E-state index in [1.165, 1.54) is 6.20 Å². The lowest BCUT2D eigenvalue weighted by Crippen LogP contribution is -2.34. The quantitative estimate of drug-likeness (QED) is 0.669. The topological polar surface area (TPSA) is 59.3 Å². The molecule has 1 aliphatic rings. The van der Waals surface area contributed by atoms with Gasteiger partial charge >= 0.3 is 0 Å². The van der Waals surface area contributed by atoms with Crippen LogP contribution in [0.1, 0.15) is 13.8 Å². The van der Waals surface area contributed by atoms with E-state index < -0.39 is 0 Å². The molecule has 70 valence electrons. The molecule has 0 bridgehead atoms. The molecule has 5 heteroatoms. The third-order valence-electron chi connectivity index (χ3n) is 2.23. The molecule has 0 saturated heterocycles. The van der Waals surface area contributed by atoms with Crippen LogP contribution in [-0.4, -0.2) is 16.3 Å². The monoisotopic (exact) mass is 180 g/mol. The summed E-state index contributed by atoms with van der Waals surface area (Å²) >= 11 is 0. The lowest BCUT2D eigenvalue weighted by atomic mass is 9.92. The third-order valence-corrected chi connectivity index (χ3v) is 2.23. The third kappa shape index (κ3) is 1.30. The predicted octanol–water partition coefficient (Wildman–Crippen LogP) is 1.73. The summed E-state index contributed by atoms with van der Waals surface area (Å²) in [6.45, 7) is 5.98. The van der Waals surface area contributed by atoms with E-state index in [4.69, 9.17) is 0 Å².